The van der Waals surface area contributed by atoms with Gasteiger partial charge < -0.3 is 10.6 Å². The van der Waals surface area contributed by atoms with Gasteiger partial charge in [0, 0.05) is 23.1 Å². The van der Waals surface area contributed by atoms with Gasteiger partial charge in [0.15, 0.2) is 0 Å². The van der Waals surface area contributed by atoms with Crippen molar-refractivity contribution in [2.45, 2.75) is 19.8 Å². The molecule has 5 heteroatoms. The molecule has 0 spiro atoms. The van der Waals surface area contributed by atoms with Crippen molar-refractivity contribution in [2.24, 2.45) is 11.7 Å². The lowest BCUT2D eigenvalue weighted by molar-refractivity contribution is 0.0692. The van der Waals surface area contributed by atoms with E-state index in [4.69, 9.17) is 5.73 Å². The normalized spacial score (nSPS) is 16.1. The van der Waals surface area contributed by atoms with E-state index in [1.54, 1.807) is 0 Å². The third-order valence-electron chi connectivity index (χ3n) is 3.73. The highest BCUT2D eigenvalue weighted by Crippen LogP contribution is 2.23. The van der Waals surface area contributed by atoms with Crippen LogP contribution in [0.2, 0.25) is 0 Å². The van der Waals surface area contributed by atoms with Crippen LogP contribution >= 0.6 is 28.3 Å². The van der Waals surface area contributed by atoms with Gasteiger partial charge in [-0.1, -0.05) is 22.0 Å². The smallest absolute Gasteiger partial charge is 0.254 e. The first-order valence-electron chi connectivity index (χ1n) is 6.38. The summed E-state index contributed by atoms with van der Waals surface area (Å²) < 4.78 is 0.991. The standard InChI is InChI=1S/C14H19BrN2O.ClH/c1-10-12(3-2-4-13(10)15)14(18)17-7-5-11(9-16)6-8-17;/h2-4,11H,5-9,16H2,1H3;1H. The maximum Gasteiger partial charge on any atom is 0.254 e. The number of amides is 1. The van der Waals surface area contributed by atoms with Gasteiger partial charge in [0.2, 0.25) is 0 Å². The van der Waals surface area contributed by atoms with Crippen molar-refractivity contribution in [3.8, 4) is 0 Å². The Morgan fingerprint density at radius 3 is 2.63 bits per heavy atom. The molecular formula is C14H20BrClN2O. The van der Waals surface area contributed by atoms with Crippen molar-refractivity contribution in [2.75, 3.05) is 19.6 Å². The Morgan fingerprint density at radius 2 is 2.05 bits per heavy atom. The van der Waals surface area contributed by atoms with Gasteiger partial charge in [-0.05, 0) is 49.9 Å². The molecule has 1 amide bonds. The summed E-state index contributed by atoms with van der Waals surface area (Å²) in [6.45, 7) is 4.36. The highest BCUT2D eigenvalue weighted by Gasteiger charge is 2.23. The predicted octanol–water partition coefficient (Wildman–Crippen LogP) is 2.99. The Bertz CT molecular complexity index is 445. The minimum Gasteiger partial charge on any atom is -0.339 e. The summed E-state index contributed by atoms with van der Waals surface area (Å²) in [7, 11) is 0. The van der Waals surface area contributed by atoms with Gasteiger partial charge >= 0.3 is 0 Å². The van der Waals surface area contributed by atoms with Crippen molar-refractivity contribution in [3.05, 3.63) is 33.8 Å². The quantitative estimate of drug-likeness (QED) is 0.894. The van der Waals surface area contributed by atoms with Gasteiger partial charge in [-0.3, -0.25) is 4.79 Å². The number of hydrogen-bond acceptors (Lipinski definition) is 2. The van der Waals surface area contributed by atoms with E-state index >= 15 is 0 Å². The van der Waals surface area contributed by atoms with Gasteiger partial charge in [-0.25, -0.2) is 0 Å². The molecule has 1 aromatic rings. The van der Waals surface area contributed by atoms with Crippen molar-refractivity contribution >= 4 is 34.2 Å². The third-order valence-corrected chi connectivity index (χ3v) is 4.59. The molecule has 0 bridgehead atoms. The summed E-state index contributed by atoms with van der Waals surface area (Å²) in [5.74, 6) is 0.724. The van der Waals surface area contributed by atoms with Crippen LogP contribution in [0.1, 0.15) is 28.8 Å². The Balaban J connectivity index is 0.00000180. The summed E-state index contributed by atoms with van der Waals surface area (Å²) in [6, 6.07) is 5.78. The topological polar surface area (TPSA) is 46.3 Å². The second-order valence-electron chi connectivity index (χ2n) is 4.88. The molecule has 2 N–H and O–H groups in total. The summed E-state index contributed by atoms with van der Waals surface area (Å²) in [5, 5.41) is 0. The highest BCUT2D eigenvalue weighted by molar-refractivity contribution is 9.10. The number of hydrogen-bond donors (Lipinski definition) is 1. The monoisotopic (exact) mass is 346 g/mol. The fourth-order valence-corrected chi connectivity index (χ4v) is 2.75. The zero-order valence-corrected chi connectivity index (χ0v) is 13.5. The second kappa shape index (κ2) is 7.27. The molecule has 1 fully saturated rings. The molecule has 0 aliphatic carbocycles. The average molecular weight is 348 g/mol. The first-order chi connectivity index (χ1) is 8.63. The number of likely N-dealkylation sites (tertiary alicyclic amines) is 1. The molecular weight excluding hydrogens is 328 g/mol. The van der Waals surface area contributed by atoms with E-state index in [1.807, 2.05) is 30.0 Å². The number of carbonyl (C=O) groups excluding carboxylic acids is 1. The minimum absolute atomic E-state index is 0. The molecule has 0 atom stereocenters. The second-order valence-corrected chi connectivity index (χ2v) is 5.74. The highest BCUT2D eigenvalue weighted by atomic mass is 79.9. The van der Waals surface area contributed by atoms with E-state index in [-0.39, 0.29) is 18.3 Å². The molecule has 0 unspecified atom stereocenters. The first kappa shape index (κ1) is 16.5. The number of piperidine rings is 1. The molecule has 1 heterocycles. The molecule has 2 rings (SSSR count). The lowest BCUT2D eigenvalue weighted by Gasteiger charge is -2.31. The summed E-state index contributed by atoms with van der Waals surface area (Å²) >= 11 is 3.47. The molecule has 19 heavy (non-hydrogen) atoms. The van der Waals surface area contributed by atoms with E-state index in [0.717, 1.165) is 48.1 Å². The van der Waals surface area contributed by atoms with Gasteiger partial charge in [0.1, 0.15) is 0 Å². The van der Waals surface area contributed by atoms with E-state index < -0.39 is 0 Å². The van der Waals surface area contributed by atoms with Crippen LogP contribution in [0, 0.1) is 12.8 Å². The number of carbonyl (C=O) groups is 1. The fraction of sp³-hybridized carbons (Fsp3) is 0.500. The minimum atomic E-state index is 0. The maximum absolute atomic E-state index is 12.4. The molecule has 1 saturated heterocycles. The number of nitrogens with two attached hydrogens (primary N) is 1. The average Bonchev–Trinajstić information content (AvgIpc) is 2.41. The van der Waals surface area contributed by atoms with Crippen molar-refractivity contribution < 1.29 is 4.79 Å². The Morgan fingerprint density at radius 1 is 1.42 bits per heavy atom. The van der Waals surface area contributed by atoms with Crippen LogP contribution in [0.3, 0.4) is 0 Å². The largest absolute Gasteiger partial charge is 0.339 e. The predicted molar refractivity (Wildman–Crippen MR) is 83.8 cm³/mol. The van der Waals surface area contributed by atoms with E-state index in [0.29, 0.717) is 5.92 Å². The number of rotatable bonds is 2. The SMILES string of the molecule is Cc1c(Br)cccc1C(=O)N1CCC(CN)CC1.Cl. The van der Waals surface area contributed by atoms with Crippen LogP contribution in [0.4, 0.5) is 0 Å². The zero-order chi connectivity index (χ0) is 13.1. The Hall–Kier alpha value is -0.580. The maximum atomic E-state index is 12.4. The van der Waals surface area contributed by atoms with Crippen LogP contribution in [-0.4, -0.2) is 30.4 Å². The van der Waals surface area contributed by atoms with Crippen LogP contribution < -0.4 is 5.73 Å². The van der Waals surface area contributed by atoms with Crippen LogP contribution in [0.5, 0.6) is 0 Å². The Kier molecular flexibility index (Phi) is 6.30. The third kappa shape index (κ3) is 3.71. The summed E-state index contributed by atoms with van der Waals surface area (Å²) in [4.78, 5) is 14.4. The molecule has 1 aromatic carbocycles. The zero-order valence-electron chi connectivity index (χ0n) is 11.1. The van der Waals surface area contributed by atoms with Crippen LogP contribution in [0.25, 0.3) is 0 Å². The van der Waals surface area contributed by atoms with E-state index in [1.165, 1.54) is 0 Å². The van der Waals surface area contributed by atoms with Crippen LogP contribution in [-0.2, 0) is 0 Å². The molecule has 1 aliphatic heterocycles. The van der Waals surface area contributed by atoms with E-state index in [2.05, 4.69) is 15.9 Å². The van der Waals surface area contributed by atoms with E-state index in [9.17, 15) is 4.79 Å². The molecule has 0 saturated carbocycles. The Labute approximate surface area is 129 Å². The fourth-order valence-electron chi connectivity index (χ4n) is 2.38. The summed E-state index contributed by atoms with van der Waals surface area (Å²) in [5.41, 5.74) is 7.49. The molecule has 3 nitrogen and oxygen atoms in total. The number of nitrogens with zero attached hydrogens (tertiary/aromatic N) is 1. The van der Waals surface area contributed by atoms with Gasteiger partial charge in [0.05, 0.1) is 0 Å². The molecule has 1 aliphatic rings. The number of halogens is 2. The van der Waals surface area contributed by atoms with Gasteiger partial charge in [-0.15, -0.1) is 12.4 Å². The van der Waals surface area contributed by atoms with Gasteiger partial charge in [-0.2, -0.15) is 0 Å². The molecule has 0 radical (unpaired) electrons. The number of benzene rings is 1. The van der Waals surface area contributed by atoms with Crippen molar-refractivity contribution in [1.82, 2.24) is 4.90 Å². The van der Waals surface area contributed by atoms with Crippen molar-refractivity contribution in [3.63, 3.8) is 0 Å². The lowest BCUT2D eigenvalue weighted by atomic mass is 9.96. The van der Waals surface area contributed by atoms with Crippen molar-refractivity contribution in [1.29, 1.82) is 0 Å². The molecule has 106 valence electrons. The first-order valence-corrected chi connectivity index (χ1v) is 7.17. The lowest BCUT2D eigenvalue weighted by Crippen LogP contribution is -2.40. The molecule has 0 aromatic heterocycles. The summed E-state index contributed by atoms with van der Waals surface area (Å²) in [6.07, 6.45) is 2.05. The van der Waals surface area contributed by atoms with Gasteiger partial charge in [0.25, 0.3) is 5.91 Å². The van der Waals surface area contributed by atoms with Crippen LogP contribution in [0.15, 0.2) is 22.7 Å².